The Labute approximate surface area is 202 Å². The normalized spacial score (nSPS) is 12.9. The van der Waals surface area contributed by atoms with Crippen molar-refractivity contribution in [2.75, 3.05) is 6.54 Å². The van der Waals surface area contributed by atoms with Crippen LogP contribution in [0.2, 0.25) is 0 Å². The molecule has 0 aromatic carbocycles. The Morgan fingerprint density at radius 2 is 2.06 bits per heavy atom. The van der Waals surface area contributed by atoms with E-state index in [4.69, 9.17) is 9.40 Å². The lowest BCUT2D eigenvalue weighted by atomic mass is 10.1. The number of carbonyl (C=O) groups excluding carboxylic acids is 1. The van der Waals surface area contributed by atoms with Crippen LogP contribution in [0.5, 0.6) is 0 Å². The van der Waals surface area contributed by atoms with Crippen LogP contribution < -0.4 is 5.32 Å². The Bertz CT molecular complexity index is 1540. The van der Waals surface area contributed by atoms with Crippen LogP contribution in [0.1, 0.15) is 32.1 Å². The van der Waals surface area contributed by atoms with Gasteiger partial charge in [-0.25, -0.2) is 19.9 Å². The van der Waals surface area contributed by atoms with Crippen LogP contribution in [0.3, 0.4) is 0 Å². The minimum Gasteiger partial charge on any atom is -0.472 e. The molecule has 2 N–H and O–H groups in total. The number of fused-ring (bicyclic) bond motifs is 2. The molecule has 0 radical (unpaired) electrons. The summed E-state index contributed by atoms with van der Waals surface area (Å²) in [6, 6.07) is 2.81. The number of hydrogen-bond donors (Lipinski definition) is 2. The number of aryl methyl sites for hydroxylation is 1. The highest BCUT2D eigenvalue weighted by Gasteiger charge is 2.30. The number of amides is 1. The molecular formula is C24H22F3N7O2. The molecule has 9 nitrogen and oxygen atoms in total. The average Bonchev–Trinajstić information content (AvgIpc) is 3.59. The van der Waals surface area contributed by atoms with Gasteiger partial charge in [0.1, 0.15) is 29.6 Å². The van der Waals surface area contributed by atoms with Gasteiger partial charge in [-0.2, -0.15) is 13.2 Å². The van der Waals surface area contributed by atoms with Crippen molar-refractivity contribution in [1.29, 1.82) is 0 Å². The van der Waals surface area contributed by atoms with E-state index in [1.165, 1.54) is 6.92 Å². The lowest BCUT2D eigenvalue weighted by molar-refractivity contribution is -0.140. The Balaban J connectivity index is 1.58. The van der Waals surface area contributed by atoms with Gasteiger partial charge in [-0.1, -0.05) is 6.92 Å². The lowest BCUT2D eigenvalue weighted by Gasteiger charge is -2.17. The predicted octanol–water partition coefficient (Wildman–Crippen LogP) is 4.82. The maximum Gasteiger partial charge on any atom is 0.405 e. The smallest absolute Gasteiger partial charge is 0.405 e. The SMILES string of the molecule is CCCc1nc2cnc(-c3c[nH]c4ncc(-c5ccoc5)cc34)nc2n1C(C)C(=O)NCC(F)(F)F. The lowest BCUT2D eigenvalue weighted by Crippen LogP contribution is -2.38. The van der Waals surface area contributed by atoms with Crippen molar-refractivity contribution in [3.8, 4) is 22.5 Å². The number of furan rings is 1. The van der Waals surface area contributed by atoms with E-state index in [1.807, 2.05) is 24.4 Å². The van der Waals surface area contributed by atoms with E-state index in [9.17, 15) is 18.0 Å². The molecule has 1 unspecified atom stereocenters. The topological polar surface area (TPSA) is 115 Å². The van der Waals surface area contributed by atoms with E-state index in [-0.39, 0.29) is 0 Å². The summed E-state index contributed by atoms with van der Waals surface area (Å²) in [4.78, 5) is 33.9. The van der Waals surface area contributed by atoms with E-state index in [2.05, 4.69) is 19.9 Å². The van der Waals surface area contributed by atoms with Gasteiger partial charge < -0.3 is 19.3 Å². The van der Waals surface area contributed by atoms with Crippen LogP contribution >= 0.6 is 0 Å². The average molecular weight is 497 g/mol. The summed E-state index contributed by atoms with van der Waals surface area (Å²) in [5.74, 6) is 0.147. The molecule has 0 spiro atoms. The van der Waals surface area contributed by atoms with Crippen molar-refractivity contribution in [2.45, 2.75) is 38.9 Å². The molecule has 0 saturated carbocycles. The van der Waals surface area contributed by atoms with Gasteiger partial charge in [0.05, 0.1) is 18.7 Å². The number of alkyl halides is 3. The molecule has 0 saturated heterocycles. The molecule has 0 fully saturated rings. The highest BCUT2D eigenvalue weighted by atomic mass is 19.4. The first-order valence-electron chi connectivity index (χ1n) is 11.3. The van der Waals surface area contributed by atoms with Gasteiger partial charge in [-0.05, 0) is 25.5 Å². The zero-order valence-corrected chi connectivity index (χ0v) is 19.4. The minimum absolute atomic E-state index is 0.367. The van der Waals surface area contributed by atoms with Crippen molar-refractivity contribution < 1.29 is 22.4 Å². The van der Waals surface area contributed by atoms with Gasteiger partial charge in [0.2, 0.25) is 5.91 Å². The summed E-state index contributed by atoms with van der Waals surface area (Å²) in [5.41, 5.74) is 3.86. The quantitative estimate of drug-likeness (QED) is 0.333. The van der Waals surface area contributed by atoms with Gasteiger partial charge in [0.25, 0.3) is 0 Å². The number of imidazole rings is 1. The largest absolute Gasteiger partial charge is 0.472 e. The Morgan fingerprint density at radius 1 is 1.22 bits per heavy atom. The summed E-state index contributed by atoms with van der Waals surface area (Å²) in [7, 11) is 0. The maximum atomic E-state index is 12.7. The Morgan fingerprint density at radius 3 is 2.78 bits per heavy atom. The monoisotopic (exact) mass is 497 g/mol. The van der Waals surface area contributed by atoms with Crippen LogP contribution in [-0.4, -0.2) is 48.1 Å². The molecule has 1 amide bonds. The van der Waals surface area contributed by atoms with E-state index in [0.717, 1.165) is 22.9 Å². The fourth-order valence-electron chi connectivity index (χ4n) is 4.10. The minimum atomic E-state index is -4.51. The van der Waals surface area contributed by atoms with E-state index in [0.29, 0.717) is 40.4 Å². The fraction of sp³-hybridized carbons (Fsp3) is 0.292. The molecule has 5 heterocycles. The number of nitrogens with one attached hydrogen (secondary N) is 2. The first-order valence-corrected chi connectivity index (χ1v) is 11.3. The number of carbonyl (C=O) groups is 1. The van der Waals surface area contributed by atoms with Crippen molar-refractivity contribution in [3.63, 3.8) is 0 Å². The first-order chi connectivity index (χ1) is 17.2. The summed E-state index contributed by atoms with van der Waals surface area (Å²) in [6.07, 6.45) is 4.97. The zero-order valence-electron chi connectivity index (χ0n) is 19.4. The third-order valence-electron chi connectivity index (χ3n) is 5.84. The van der Waals surface area contributed by atoms with Crippen LogP contribution in [0.25, 0.3) is 44.7 Å². The fourth-order valence-corrected chi connectivity index (χ4v) is 4.10. The second-order valence-corrected chi connectivity index (χ2v) is 8.39. The van der Waals surface area contributed by atoms with E-state index < -0.39 is 24.7 Å². The molecule has 186 valence electrons. The Kier molecular flexibility index (Phi) is 5.94. The van der Waals surface area contributed by atoms with Gasteiger partial charge in [-0.3, -0.25) is 4.79 Å². The Hall–Kier alpha value is -4.22. The third kappa shape index (κ3) is 4.41. The molecule has 0 aliphatic heterocycles. The molecule has 36 heavy (non-hydrogen) atoms. The highest BCUT2D eigenvalue weighted by Crippen LogP contribution is 2.31. The molecule has 5 aromatic rings. The number of halogens is 3. The van der Waals surface area contributed by atoms with Crippen molar-refractivity contribution in [3.05, 3.63) is 49.1 Å². The van der Waals surface area contributed by atoms with Crippen molar-refractivity contribution >= 4 is 28.1 Å². The first kappa shape index (κ1) is 23.5. The molecule has 12 heteroatoms. The molecule has 5 rings (SSSR count). The van der Waals surface area contributed by atoms with Gasteiger partial charge in [0, 0.05) is 40.9 Å². The molecule has 1 atom stereocenters. The van der Waals surface area contributed by atoms with Gasteiger partial charge in [0.15, 0.2) is 11.5 Å². The van der Waals surface area contributed by atoms with E-state index in [1.54, 1.807) is 35.7 Å². The number of rotatable bonds is 7. The van der Waals surface area contributed by atoms with Gasteiger partial charge >= 0.3 is 6.18 Å². The summed E-state index contributed by atoms with van der Waals surface area (Å²) in [5, 5.41) is 2.74. The molecule has 0 aliphatic rings. The van der Waals surface area contributed by atoms with Crippen LogP contribution in [-0.2, 0) is 11.2 Å². The summed E-state index contributed by atoms with van der Waals surface area (Å²) >= 11 is 0. The number of hydrogen-bond acceptors (Lipinski definition) is 6. The number of nitrogens with zero attached hydrogens (tertiary/aromatic N) is 5. The molecule has 0 bridgehead atoms. The zero-order chi connectivity index (χ0) is 25.4. The summed E-state index contributed by atoms with van der Waals surface area (Å²) in [6.45, 7) is 2.07. The highest BCUT2D eigenvalue weighted by molar-refractivity contribution is 5.94. The van der Waals surface area contributed by atoms with Crippen LogP contribution in [0.15, 0.2) is 47.7 Å². The number of H-pyrrole nitrogens is 1. The molecule has 5 aromatic heterocycles. The molecular weight excluding hydrogens is 475 g/mol. The second kappa shape index (κ2) is 9.10. The van der Waals surface area contributed by atoms with Crippen LogP contribution in [0.4, 0.5) is 13.2 Å². The molecule has 0 aliphatic carbocycles. The van der Waals surface area contributed by atoms with Crippen LogP contribution in [0, 0.1) is 0 Å². The third-order valence-corrected chi connectivity index (χ3v) is 5.84. The number of aromatic amines is 1. The standard InChI is InChI=1S/C24H22F3N7O2/c1-3-4-19-32-18-10-30-21(33-22(18)34(19)13(2)23(35)31-12-24(25,26)27)17-9-29-20-16(17)7-15(8-28-20)14-5-6-36-11-14/h5-11,13H,3-4,12H2,1-2H3,(H,28,29)(H,31,35). The maximum absolute atomic E-state index is 12.7. The number of aromatic nitrogens is 6. The summed E-state index contributed by atoms with van der Waals surface area (Å²) < 4.78 is 44.7. The van der Waals surface area contributed by atoms with Gasteiger partial charge in [-0.15, -0.1) is 0 Å². The van der Waals surface area contributed by atoms with Crippen molar-refractivity contribution in [2.24, 2.45) is 0 Å². The second-order valence-electron chi connectivity index (χ2n) is 8.39. The predicted molar refractivity (Wildman–Crippen MR) is 126 cm³/mol. The van der Waals surface area contributed by atoms with E-state index >= 15 is 0 Å². The van der Waals surface area contributed by atoms with Crippen molar-refractivity contribution in [1.82, 2.24) is 34.8 Å². The number of pyridine rings is 1.